The molecule has 0 aromatic heterocycles. The summed E-state index contributed by atoms with van der Waals surface area (Å²) in [4.78, 5) is 11.9. The molecule has 0 rings (SSSR count). The van der Waals surface area contributed by atoms with Crippen LogP contribution in [0.25, 0.3) is 0 Å². The Kier molecular flexibility index (Phi) is 9.94. The number of rotatable bonds is 10. The van der Waals surface area contributed by atoms with Crippen LogP contribution in [-0.4, -0.2) is 19.1 Å². The minimum absolute atomic E-state index is 0.114. The maximum atomic E-state index is 11.9. The third-order valence-electron chi connectivity index (χ3n) is 3.22. The van der Waals surface area contributed by atoms with Gasteiger partial charge in [0.1, 0.15) is 0 Å². The number of unbranched alkanes of at least 4 members (excludes halogenated alkanes) is 5. The molecule has 1 atom stereocenters. The van der Waals surface area contributed by atoms with Crippen molar-refractivity contribution in [3.8, 4) is 0 Å². The van der Waals surface area contributed by atoms with Gasteiger partial charge >= 0.3 is 5.97 Å². The summed E-state index contributed by atoms with van der Waals surface area (Å²) in [5.41, 5.74) is 5.78. The van der Waals surface area contributed by atoms with Gasteiger partial charge in [0.15, 0.2) is 0 Å². The highest BCUT2D eigenvalue weighted by molar-refractivity contribution is 5.72. The fraction of sp³-hybridized carbons (Fsp3) is 0.938. The molecule has 19 heavy (non-hydrogen) atoms. The lowest BCUT2D eigenvalue weighted by Crippen LogP contribution is -2.29. The second-order valence-electron chi connectivity index (χ2n) is 6.63. The van der Waals surface area contributed by atoms with Crippen LogP contribution < -0.4 is 5.73 Å². The van der Waals surface area contributed by atoms with E-state index in [2.05, 4.69) is 27.7 Å². The van der Waals surface area contributed by atoms with Crippen LogP contribution >= 0.6 is 0 Å². The summed E-state index contributed by atoms with van der Waals surface area (Å²) in [6.45, 7) is 9.51. The number of ether oxygens (including phenoxy) is 1. The Morgan fingerprint density at radius 3 is 2.21 bits per heavy atom. The maximum absolute atomic E-state index is 11.9. The van der Waals surface area contributed by atoms with E-state index in [1.54, 1.807) is 0 Å². The summed E-state index contributed by atoms with van der Waals surface area (Å²) >= 11 is 0. The molecule has 0 aliphatic rings. The van der Waals surface area contributed by atoms with Gasteiger partial charge in [0.25, 0.3) is 0 Å². The first-order chi connectivity index (χ1) is 8.90. The van der Waals surface area contributed by atoms with Gasteiger partial charge in [-0.05, 0) is 18.3 Å². The second-order valence-corrected chi connectivity index (χ2v) is 6.63. The zero-order valence-corrected chi connectivity index (χ0v) is 13.3. The van der Waals surface area contributed by atoms with Crippen molar-refractivity contribution in [2.75, 3.05) is 13.2 Å². The molecule has 0 radical (unpaired) electrons. The Balaban J connectivity index is 3.71. The van der Waals surface area contributed by atoms with Crippen molar-refractivity contribution in [1.82, 2.24) is 0 Å². The van der Waals surface area contributed by atoms with Crippen LogP contribution in [0.1, 0.15) is 72.6 Å². The van der Waals surface area contributed by atoms with E-state index < -0.39 is 0 Å². The van der Waals surface area contributed by atoms with Gasteiger partial charge in [0, 0.05) is 6.54 Å². The van der Waals surface area contributed by atoms with Crippen LogP contribution in [0.4, 0.5) is 0 Å². The van der Waals surface area contributed by atoms with Crippen molar-refractivity contribution in [3.63, 3.8) is 0 Å². The van der Waals surface area contributed by atoms with Crippen molar-refractivity contribution in [2.45, 2.75) is 72.6 Å². The lowest BCUT2D eigenvalue weighted by molar-refractivity contribution is -0.149. The van der Waals surface area contributed by atoms with E-state index >= 15 is 0 Å². The molecular formula is C16H33NO2. The van der Waals surface area contributed by atoms with Gasteiger partial charge < -0.3 is 10.5 Å². The first kappa shape index (κ1) is 18.4. The molecule has 0 amide bonds. The lowest BCUT2D eigenvalue weighted by atomic mass is 9.85. The van der Waals surface area contributed by atoms with Crippen LogP contribution in [-0.2, 0) is 9.53 Å². The van der Waals surface area contributed by atoms with Crippen molar-refractivity contribution in [3.05, 3.63) is 0 Å². The number of nitrogens with two attached hydrogens (primary N) is 1. The first-order valence-corrected chi connectivity index (χ1v) is 7.77. The van der Waals surface area contributed by atoms with Crippen LogP contribution in [0.2, 0.25) is 0 Å². The summed E-state index contributed by atoms with van der Waals surface area (Å²) in [5.74, 6) is -0.272. The molecule has 2 N–H and O–H groups in total. The largest absolute Gasteiger partial charge is 0.465 e. The van der Waals surface area contributed by atoms with E-state index in [0.29, 0.717) is 13.2 Å². The van der Waals surface area contributed by atoms with Gasteiger partial charge in [-0.25, -0.2) is 0 Å². The molecule has 3 heteroatoms. The highest BCUT2D eigenvalue weighted by atomic mass is 16.5. The van der Waals surface area contributed by atoms with Crippen LogP contribution in [0.3, 0.4) is 0 Å². The number of hydrogen-bond donors (Lipinski definition) is 1. The van der Waals surface area contributed by atoms with Crippen molar-refractivity contribution in [1.29, 1.82) is 0 Å². The van der Waals surface area contributed by atoms with Gasteiger partial charge in [-0.3, -0.25) is 4.79 Å². The molecular weight excluding hydrogens is 238 g/mol. The van der Waals surface area contributed by atoms with Gasteiger partial charge in [-0.1, -0.05) is 59.8 Å². The zero-order valence-electron chi connectivity index (χ0n) is 13.3. The number of carbonyl (C=O) groups excluding carboxylic acids is 1. The Morgan fingerprint density at radius 1 is 1.11 bits per heavy atom. The molecule has 3 nitrogen and oxygen atoms in total. The predicted octanol–water partition coefficient (Wildman–Crippen LogP) is 3.90. The summed E-state index contributed by atoms with van der Waals surface area (Å²) in [5, 5.41) is 0. The summed E-state index contributed by atoms with van der Waals surface area (Å²) in [6.07, 6.45) is 8.02. The molecule has 0 bridgehead atoms. The number of carbonyl (C=O) groups is 1. The molecule has 1 unspecified atom stereocenters. The average Bonchev–Trinajstić information content (AvgIpc) is 2.33. The summed E-state index contributed by atoms with van der Waals surface area (Å²) in [7, 11) is 0. The second kappa shape index (κ2) is 10.2. The quantitative estimate of drug-likeness (QED) is 0.484. The van der Waals surface area contributed by atoms with Crippen LogP contribution in [0.15, 0.2) is 0 Å². The molecule has 0 aliphatic heterocycles. The standard InChI is InChI=1S/C16H33NO2/c1-5-6-7-8-9-10-11-19-15(18)14(13-17)12-16(2,3)4/h14H,5-13,17H2,1-4H3. The molecule has 0 aromatic rings. The fourth-order valence-electron chi connectivity index (χ4n) is 2.18. The van der Waals surface area contributed by atoms with E-state index in [4.69, 9.17) is 10.5 Å². The summed E-state index contributed by atoms with van der Waals surface area (Å²) in [6, 6.07) is 0. The molecule has 0 aromatic carbocycles. The summed E-state index contributed by atoms with van der Waals surface area (Å²) < 4.78 is 5.33. The third kappa shape index (κ3) is 11.0. The monoisotopic (exact) mass is 271 g/mol. The maximum Gasteiger partial charge on any atom is 0.310 e. The SMILES string of the molecule is CCCCCCCCOC(=O)C(CN)CC(C)(C)C. The van der Waals surface area contributed by atoms with Gasteiger partial charge in [0.2, 0.25) is 0 Å². The Hall–Kier alpha value is -0.570. The van der Waals surface area contributed by atoms with Crippen molar-refractivity contribution >= 4 is 5.97 Å². The van der Waals surface area contributed by atoms with E-state index in [-0.39, 0.29) is 17.3 Å². The minimum Gasteiger partial charge on any atom is -0.465 e. The number of esters is 1. The van der Waals surface area contributed by atoms with E-state index in [1.807, 2.05) is 0 Å². The van der Waals surface area contributed by atoms with Crippen LogP contribution in [0, 0.1) is 11.3 Å². The van der Waals surface area contributed by atoms with Gasteiger partial charge in [0.05, 0.1) is 12.5 Å². The molecule has 0 aliphatic carbocycles. The Labute approximate surface area is 119 Å². The average molecular weight is 271 g/mol. The molecule has 0 saturated heterocycles. The van der Waals surface area contributed by atoms with E-state index in [0.717, 1.165) is 19.3 Å². The van der Waals surface area contributed by atoms with Gasteiger partial charge in [-0.2, -0.15) is 0 Å². The molecule has 0 fully saturated rings. The molecule has 0 saturated carbocycles. The minimum atomic E-state index is -0.153. The first-order valence-electron chi connectivity index (χ1n) is 7.77. The normalized spacial score (nSPS) is 13.3. The Bertz CT molecular complexity index is 233. The smallest absolute Gasteiger partial charge is 0.310 e. The van der Waals surface area contributed by atoms with Crippen molar-refractivity contribution < 1.29 is 9.53 Å². The number of hydrogen-bond acceptors (Lipinski definition) is 3. The molecule has 114 valence electrons. The van der Waals surface area contributed by atoms with E-state index in [1.165, 1.54) is 25.7 Å². The molecule has 0 heterocycles. The Morgan fingerprint density at radius 2 is 1.68 bits per heavy atom. The topological polar surface area (TPSA) is 52.3 Å². The highest BCUT2D eigenvalue weighted by Crippen LogP contribution is 2.24. The van der Waals surface area contributed by atoms with Crippen LogP contribution in [0.5, 0.6) is 0 Å². The zero-order chi connectivity index (χ0) is 14.7. The van der Waals surface area contributed by atoms with E-state index in [9.17, 15) is 4.79 Å². The third-order valence-corrected chi connectivity index (χ3v) is 3.22. The van der Waals surface area contributed by atoms with Crippen molar-refractivity contribution in [2.24, 2.45) is 17.1 Å². The highest BCUT2D eigenvalue weighted by Gasteiger charge is 2.24. The lowest BCUT2D eigenvalue weighted by Gasteiger charge is -2.23. The molecule has 0 spiro atoms. The fourth-order valence-corrected chi connectivity index (χ4v) is 2.18. The van der Waals surface area contributed by atoms with Gasteiger partial charge in [-0.15, -0.1) is 0 Å². The predicted molar refractivity (Wildman–Crippen MR) is 81.0 cm³/mol.